The van der Waals surface area contributed by atoms with Crippen molar-refractivity contribution in [2.24, 2.45) is 5.92 Å². The fourth-order valence-electron chi connectivity index (χ4n) is 2.04. The number of hydrogen-bond donors (Lipinski definition) is 0. The molecule has 1 aromatic rings. The quantitative estimate of drug-likeness (QED) is 0.695. The van der Waals surface area contributed by atoms with Crippen LogP contribution in [0.1, 0.15) is 59.2 Å². The highest BCUT2D eigenvalue weighted by atomic mass is 15.0. The van der Waals surface area contributed by atoms with Crippen LogP contribution in [0.25, 0.3) is 5.70 Å². The second-order valence-electron chi connectivity index (χ2n) is 6.18. The standard InChI is InChI=1S/C17H28N/c1-8-13(3)14(4)18-11-10-15(17(5,6)7)12-16(18)9-2/h10-13H,4,8-9H2,1-3,5-7H3/q+1. The molecule has 0 spiro atoms. The van der Waals surface area contributed by atoms with Gasteiger partial charge in [-0.3, -0.25) is 0 Å². The van der Waals surface area contributed by atoms with Crippen LogP contribution in [0.15, 0.2) is 24.9 Å². The lowest BCUT2D eigenvalue weighted by molar-refractivity contribution is -0.594. The first-order valence-electron chi connectivity index (χ1n) is 7.05. The Morgan fingerprint density at radius 2 is 1.94 bits per heavy atom. The first-order valence-corrected chi connectivity index (χ1v) is 7.05. The molecule has 1 unspecified atom stereocenters. The van der Waals surface area contributed by atoms with E-state index in [0.29, 0.717) is 5.92 Å². The van der Waals surface area contributed by atoms with Gasteiger partial charge in [0, 0.05) is 24.5 Å². The number of nitrogens with zero attached hydrogens (tertiary/aromatic N) is 1. The van der Waals surface area contributed by atoms with Crippen LogP contribution in [0.3, 0.4) is 0 Å². The number of hydrogen-bond acceptors (Lipinski definition) is 0. The van der Waals surface area contributed by atoms with Gasteiger partial charge in [-0.1, -0.05) is 41.5 Å². The predicted octanol–water partition coefficient (Wildman–Crippen LogP) is 4.35. The Bertz CT molecular complexity index is 424. The number of aromatic nitrogens is 1. The van der Waals surface area contributed by atoms with Crippen molar-refractivity contribution in [3.05, 3.63) is 36.2 Å². The fraction of sp³-hybridized carbons (Fsp3) is 0.588. The Kier molecular flexibility index (Phi) is 4.72. The van der Waals surface area contributed by atoms with E-state index in [1.165, 1.54) is 17.0 Å². The average molecular weight is 246 g/mol. The normalized spacial score (nSPS) is 13.4. The number of aryl methyl sites for hydroxylation is 1. The van der Waals surface area contributed by atoms with E-state index < -0.39 is 0 Å². The van der Waals surface area contributed by atoms with Gasteiger partial charge in [-0.2, -0.15) is 4.57 Å². The van der Waals surface area contributed by atoms with Crippen molar-refractivity contribution >= 4 is 5.70 Å². The molecule has 100 valence electrons. The molecule has 0 amide bonds. The molecule has 0 aliphatic rings. The van der Waals surface area contributed by atoms with Crippen molar-refractivity contribution in [2.45, 2.75) is 59.8 Å². The van der Waals surface area contributed by atoms with E-state index in [1.54, 1.807) is 0 Å². The summed E-state index contributed by atoms with van der Waals surface area (Å²) in [5.41, 5.74) is 4.16. The second kappa shape index (κ2) is 5.69. The summed E-state index contributed by atoms with van der Waals surface area (Å²) in [4.78, 5) is 0. The molecule has 1 heteroatoms. The monoisotopic (exact) mass is 246 g/mol. The molecule has 1 nitrogen and oxygen atoms in total. The lowest BCUT2D eigenvalue weighted by Gasteiger charge is -2.19. The molecule has 0 aliphatic carbocycles. The minimum atomic E-state index is 0.209. The number of allylic oxidation sites excluding steroid dienone is 1. The highest BCUT2D eigenvalue weighted by molar-refractivity contribution is 5.33. The molecular formula is C17H28N+. The third kappa shape index (κ3) is 3.22. The van der Waals surface area contributed by atoms with E-state index in [-0.39, 0.29) is 5.41 Å². The third-order valence-electron chi connectivity index (χ3n) is 3.75. The summed E-state index contributed by atoms with van der Waals surface area (Å²) in [5.74, 6) is 0.529. The summed E-state index contributed by atoms with van der Waals surface area (Å²) in [5, 5.41) is 0. The van der Waals surface area contributed by atoms with Crippen molar-refractivity contribution in [2.75, 3.05) is 0 Å². The second-order valence-corrected chi connectivity index (χ2v) is 6.18. The van der Waals surface area contributed by atoms with E-state index in [1.807, 2.05) is 0 Å². The highest BCUT2D eigenvalue weighted by Crippen LogP contribution is 2.22. The summed E-state index contributed by atoms with van der Waals surface area (Å²) < 4.78 is 2.27. The van der Waals surface area contributed by atoms with Gasteiger partial charge in [0.1, 0.15) is 0 Å². The van der Waals surface area contributed by atoms with Gasteiger partial charge >= 0.3 is 0 Å². The Morgan fingerprint density at radius 3 is 2.39 bits per heavy atom. The molecule has 1 atom stereocenters. The number of rotatable bonds is 4. The minimum Gasteiger partial charge on any atom is -0.169 e. The van der Waals surface area contributed by atoms with E-state index >= 15 is 0 Å². The molecule has 1 heterocycles. The summed E-state index contributed by atoms with van der Waals surface area (Å²) >= 11 is 0. The van der Waals surface area contributed by atoms with Crippen LogP contribution < -0.4 is 4.57 Å². The van der Waals surface area contributed by atoms with Crippen LogP contribution in [0.5, 0.6) is 0 Å². The first kappa shape index (κ1) is 14.9. The van der Waals surface area contributed by atoms with Crippen LogP contribution in [0.2, 0.25) is 0 Å². The molecule has 0 saturated carbocycles. The highest BCUT2D eigenvalue weighted by Gasteiger charge is 2.22. The molecule has 18 heavy (non-hydrogen) atoms. The van der Waals surface area contributed by atoms with Crippen molar-refractivity contribution in [3.8, 4) is 0 Å². The smallest absolute Gasteiger partial charge is 0.169 e. The van der Waals surface area contributed by atoms with E-state index in [9.17, 15) is 0 Å². The van der Waals surface area contributed by atoms with Crippen LogP contribution in [-0.2, 0) is 11.8 Å². The third-order valence-corrected chi connectivity index (χ3v) is 3.75. The molecule has 0 saturated heterocycles. The molecule has 1 rings (SSSR count). The topological polar surface area (TPSA) is 3.88 Å². The zero-order valence-corrected chi connectivity index (χ0v) is 12.9. The maximum Gasteiger partial charge on any atom is 0.187 e. The molecule has 0 radical (unpaired) electrons. The zero-order chi connectivity index (χ0) is 13.9. The Labute approximate surface area is 113 Å². The van der Waals surface area contributed by atoms with Gasteiger partial charge in [0.15, 0.2) is 17.6 Å². The molecule has 0 fully saturated rings. The summed E-state index contributed by atoms with van der Waals surface area (Å²) in [6.07, 6.45) is 4.36. The zero-order valence-electron chi connectivity index (χ0n) is 12.9. The molecular weight excluding hydrogens is 218 g/mol. The van der Waals surface area contributed by atoms with Crippen LogP contribution in [0.4, 0.5) is 0 Å². The van der Waals surface area contributed by atoms with Crippen molar-refractivity contribution in [1.29, 1.82) is 0 Å². The molecule has 0 aliphatic heterocycles. The maximum atomic E-state index is 4.26. The largest absolute Gasteiger partial charge is 0.187 e. The van der Waals surface area contributed by atoms with Gasteiger partial charge in [-0.05, 0) is 24.0 Å². The fourth-order valence-corrected chi connectivity index (χ4v) is 2.04. The lowest BCUT2D eigenvalue weighted by Crippen LogP contribution is -2.39. The molecule has 1 aromatic heterocycles. The van der Waals surface area contributed by atoms with Gasteiger partial charge in [0.2, 0.25) is 0 Å². The van der Waals surface area contributed by atoms with Crippen molar-refractivity contribution < 1.29 is 4.57 Å². The maximum absolute atomic E-state index is 4.26. The SMILES string of the molecule is C=C(C(C)CC)[n+]1ccc(C(C)(C)C)cc1CC. The summed E-state index contributed by atoms with van der Waals surface area (Å²) in [7, 11) is 0. The molecule has 0 N–H and O–H groups in total. The number of pyridine rings is 1. The Balaban J connectivity index is 3.20. The van der Waals surface area contributed by atoms with Crippen molar-refractivity contribution in [1.82, 2.24) is 0 Å². The van der Waals surface area contributed by atoms with Gasteiger partial charge in [-0.25, -0.2) is 0 Å². The lowest BCUT2D eigenvalue weighted by atomic mass is 9.87. The van der Waals surface area contributed by atoms with E-state index in [2.05, 4.69) is 71.0 Å². The molecule has 0 aromatic carbocycles. The van der Waals surface area contributed by atoms with Crippen molar-refractivity contribution in [3.63, 3.8) is 0 Å². The van der Waals surface area contributed by atoms with Gasteiger partial charge in [-0.15, -0.1) is 0 Å². The van der Waals surface area contributed by atoms with Gasteiger partial charge in [0.25, 0.3) is 0 Å². The van der Waals surface area contributed by atoms with E-state index in [4.69, 9.17) is 0 Å². The van der Waals surface area contributed by atoms with Crippen LogP contribution in [-0.4, -0.2) is 0 Å². The van der Waals surface area contributed by atoms with Gasteiger partial charge in [0.05, 0.1) is 0 Å². The van der Waals surface area contributed by atoms with E-state index in [0.717, 1.165) is 12.8 Å². The Hall–Kier alpha value is -1.11. The summed E-state index contributed by atoms with van der Waals surface area (Å²) in [6, 6.07) is 4.56. The van der Waals surface area contributed by atoms with Crippen LogP contribution in [0, 0.1) is 5.92 Å². The predicted molar refractivity (Wildman–Crippen MR) is 79.5 cm³/mol. The minimum absolute atomic E-state index is 0.209. The summed E-state index contributed by atoms with van der Waals surface area (Å²) in [6.45, 7) is 17.7. The Morgan fingerprint density at radius 1 is 1.33 bits per heavy atom. The molecule has 0 bridgehead atoms. The van der Waals surface area contributed by atoms with Crippen LogP contribution >= 0.6 is 0 Å². The van der Waals surface area contributed by atoms with Gasteiger partial charge < -0.3 is 0 Å². The first-order chi connectivity index (χ1) is 8.31. The average Bonchev–Trinajstić information content (AvgIpc) is 2.35.